The summed E-state index contributed by atoms with van der Waals surface area (Å²) in [6.07, 6.45) is 3.28. The first kappa shape index (κ1) is 26.3. The second-order valence-electron chi connectivity index (χ2n) is 9.24. The fourth-order valence-corrected chi connectivity index (χ4v) is 4.54. The molecule has 0 radical (unpaired) electrons. The van der Waals surface area contributed by atoms with Crippen molar-refractivity contribution in [2.45, 2.75) is 64.3 Å². The third-order valence-corrected chi connectivity index (χ3v) is 6.56. The summed E-state index contributed by atoms with van der Waals surface area (Å²) in [7, 11) is 0. The summed E-state index contributed by atoms with van der Waals surface area (Å²) in [4.78, 5) is 36.0. The van der Waals surface area contributed by atoms with Crippen molar-refractivity contribution in [2.24, 2.45) is 5.92 Å². The fourth-order valence-electron chi connectivity index (χ4n) is 4.54. The molecule has 1 aliphatic rings. The van der Waals surface area contributed by atoms with E-state index in [0.29, 0.717) is 25.8 Å². The lowest BCUT2D eigenvalue weighted by molar-refractivity contribution is -0.141. The van der Waals surface area contributed by atoms with Gasteiger partial charge in [-0.05, 0) is 41.5 Å². The first-order valence-electron chi connectivity index (χ1n) is 12.5. The van der Waals surface area contributed by atoms with E-state index in [2.05, 4.69) is 41.8 Å². The maximum Gasteiger partial charge on any atom is 0.407 e. The van der Waals surface area contributed by atoms with Crippen LogP contribution in [-0.2, 0) is 14.3 Å². The number of alkyl carbamates (subject to hydrolysis) is 1. The molecule has 1 aliphatic carbocycles. The minimum absolute atomic E-state index is 0.0151. The van der Waals surface area contributed by atoms with Crippen LogP contribution < -0.4 is 10.6 Å². The largest absolute Gasteiger partial charge is 0.481 e. The zero-order valence-corrected chi connectivity index (χ0v) is 20.6. The number of carbonyl (C=O) groups excluding carboxylic acids is 2. The van der Waals surface area contributed by atoms with Crippen molar-refractivity contribution in [1.29, 1.82) is 0 Å². The molecule has 0 aromatic heterocycles. The fraction of sp³-hybridized carbons (Fsp3) is 0.464. The summed E-state index contributed by atoms with van der Waals surface area (Å²) in [6.45, 7) is 4.37. The van der Waals surface area contributed by atoms with Crippen LogP contribution in [0.25, 0.3) is 11.1 Å². The van der Waals surface area contributed by atoms with E-state index in [1.54, 1.807) is 6.92 Å². The van der Waals surface area contributed by atoms with Crippen LogP contribution in [0.15, 0.2) is 48.5 Å². The molecular formula is C28H36N2O5. The van der Waals surface area contributed by atoms with E-state index in [1.807, 2.05) is 24.3 Å². The lowest BCUT2D eigenvalue weighted by Gasteiger charge is -2.20. The number of fused-ring (bicyclic) bond motifs is 3. The van der Waals surface area contributed by atoms with E-state index < -0.39 is 18.0 Å². The zero-order chi connectivity index (χ0) is 25.2. The third kappa shape index (κ3) is 7.31. The van der Waals surface area contributed by atoms with E-state index in [9.17, 15) is 14.4 Å². The average molecular weight is 481 g/mol. The molecule has 0 spiro atoms. The van der Waals surface area contributed by atoms with Gasteiger partial charge < -0.3 is 20.5 Å². The Balaban J connectivity index is 1.50. The smallest absolute Gasteiger partial charge is 0.407 e. The number of amides is 2. The molecule has 3 N–H and O–H groups in total. The van der Waals surface area contributed by atoms with Crippen LogP contribution >= 0.6 is 0 Å². The normalized spacial score (nSPS) is 13.9. The molecule has 0 fully saturated rings. The van der Waals surface area contributed by atoms with Gasteiger partial charge in [0.05, 0.1) is 5.92 Å². The van der Waals surface area contributed by atoms with Gasteiger partial charge in [-0.1, -0.05) is 75.2 Å². The van der Waals surface area contributed by atoms with Gasteiger partial charge in [-0.25, -0.2) is 4.79 Å². The molecule has 0 saturated carbocycles. The second-order valence-corrected chi connectivity index (χ2v) is 9.24. The first-order chi connectivity index (χ1) is 16.9. The summed E-state index contributed by atoms with van der Waals surface area (Å²) in [6, 6.07) is 16.1. The highest BCUT2D eigenvalue weighted by atomic mass is 16.5. The van der Waals surface area contributed by atoms with E-state index in [1.165, 1.54) is 11.1 Å². The van der Waals surface area contributed by atoms with Gasteiger partial charge >= 0.3 is 12.1 Å². The van der Waals surface area contributed by atoms with Crippen LogP contribution in [0.2, 0.25) is 0 Å². The molecule has 3 rings (SSSR count). The lowest BCUT2D eigenvalue weighted by atomic mass is 9.98. The minimum atomic E-state index is -0.830. The van der Waals surface area contributed by atoms with Crippen LogP contribution in [0.3, 0.4) is 0 Å². The van der Waals surface area contributed by atoms with Gasteiger partial charge in [-0.3, -0.25) is 9.59 Å². The van der Waals surface area contributed by atoms with Crippen molar-refractivity contribution in [2.75, 3.05) is 13.2 Å². The Bertz CT molecular complexity index is 976. The van der Waals surface area contributed by atoms with Gasteiger partial charge in [0.1, 0.15) is 6.61 Å². The molecule has 2 amide bonds. The number of hydrogen-bond acceptors (Lipinski definition) is 4. The summed E-state index contributed by atoms with van der Waals surface area (Å²) < 4.78 is 5.64. The van der Waals surface area contributed by atoms with E-state index >= 15 is 0 Å². The van der Waals surface area contributed by atoms with Gasteiger partial charge in [0.25, 0.3) is 0 Å². The van der Waals surface area contributed by atoms with Crippen molar-refractivity contribution < 1.29 is 24.2 Å². The van der Waals surface area contributed by atoms with E-state index in [-0.39, 0.29) is 30.9 Å². The van der Waals surface area contributed by atoms with Gasteiger partial charge in [-0.2, -0.15) is 0 Å². The molecule has 2 aromatic rings. The molecule has 35 heavy (non-hydrogen) atoms. The molecule has 7 heteroatoms. The van der Waals surface area contributed by atoms with Crippen LogP contribution in [-0.4, -0.2) is 42.3 Å². The summed E-state index contributed by atoms with van der Waals surface area (Å²) in [5.74, 6) is -1.44. The Labute approximate surface area is 207 Å². The number of carboxylic acid groups (broad SMARTS) is 1. The Morgan fingerprint density at radius 1 is 0.971 bits per heavy atom. The Morgan fingerprint density at radius 3 is 2.20 bits per heavy atom. The predicted octanol–water partition coefficient (Wildman–Crippen LogP) is 5.09. The van der Waals surface area contributed by atoms with Gasteiger partial charge in [0, 0.05) is 24.9 Å². The van der Waals surface area contributed by atoms with E-state index in [4.69, 9.17) is 9.84 Å². The average Bonchev–Trinajstić information content (AvgIpc) is 3.17. The molecule has 0 aliphatic heterocycles. The van der Waals surface area contributed by atoms with Crippen molar-refractivity contribution in [1.82, 2.24) is 10.6 Å². The topological polar surface area (TPSA) is 105 Å². The summed E-state index contributed by atoms with van der Waals surface area (Å²) in [5.41, 5.74) is 4.65. The van der Waals surface area contributed by atoms with Crippen molar-refractivity contribution in [3.05, 3.63) is 59.7 Å². The van der Waals surface area contributed by atoms with Crippen molar-refractivity contribution in [3.63, 3.8) is 0 Å². The molecule has 1 unspecified atom stereocenters. The maximum absolute atomic E-state index is 12.7. The molecule has 0 bridgehead atoms. The van der Waals surface area contributed by atoms with Crippen LogP contribution in [0.1, 0.15) is 69.4 Å². The number of carboxylic acids is 1. The van der Waals surface area contributed by atoms with Gasteiger partial charge in [0.15, 0.2) is 0 Å². The van der Waals surface area contributed by atoms with Gasteiger partial charge in [-0.15, -0.1) is 0 Å². The summed E-state index contributed by atoms with van der Waals surface area (Å²) in [5, 5.41) is 14.7. The van der Waals surface area contributed by atoms with Crippen molar-refractivity contribution >= 4 is 18.0 Å². The molecule has 0 heterocycles. The van der Waals surface area contributed by atoms with Crippen LogP contribution in [0.4, 0.5) is 4.79 Å². The number of carbonyl (C=O) groups is 3. The minimum Gasteiger partial charge on any atom is -0.481 e. The highest BCUT2D eigenvalue weighted by molar-refractivity contribution is 5.79. The number of rotatable bonds is 13. The van der Waals surface area contributed by atoms with Crippen LogP contribution in [0.5, 0.6) is 0 Å². The number of benzene rings is 2. The predicted molar refractivity (Wildman–Crippen MR) is 135 cm³/mol. The maximum atomic E-state index is 12.7. The lowest BCUT2D eigenvalue weighted by Crippen LogP contribution is -2.40. The third-order valence-electron chi connectivity index (χ3n) is 6.56. The monoisotopic (exact) mass is 480 g/mol. The highest BCUT2D eigenvalue weighted by Crippen LogP contribution is 2.44. The highest BCUT2D eigenvalue weighted by Gasteiger charge is 2.29. The van der Waals surface area contributed by atoms with Crippen molar-refractivity contribution in [3.8, 4) is 11.1 Å². The Kier molecular flexibility index (Phi) is 9.70. The Hall–Kier alpha value is -3.35. The van der Waals surface area contributed by atoms with Crippen LogP contribution in [0, 0.1) is 5.92 Å². The molecule has 0 saturated heterocycles. The number of ether oxygens (including phenoxy) is 1. The quantitative estimate of drug-likeness (QED) is 0.346. The van der Waals surface area contributed by atoms with E-state index in [0.717, 1.165) is 24.0 Å². The first-order valence-corrected chi connectivity index (χ1v) is 12.5. The second kappa shape index (κ2) is 12.9. The van der Waals surface area contributed by atoms with Gasteiger partial charge in [0.2, 0.25) is 5.91 Å². The standard InChI is InChI=1S/C28H36N2O5/c1-3-4-11-20(17-26(31)29-16-9-10-19(2)27(32)33)30-28(34)35-18-25-23-14-7-5-12-21(23)22-13-6-8-15-24(22)25/h5-8,12-15,19-20,25H,3-4,9-11,16-18H2,1-2H3,(H,29,31)(H,30,34)(H,32,33)/t19?,20-/m1/s1. The number of unbranched alkanes of at least 4 members (excludes halogenated alkanes) is 1. The molecule has 2 atom stereocenters. The number of hydrogen-bond donors (Lipinski definition) is 3. The summed E-state index contributed by atoms with van der Waals surface area (Å²) >= 11 is 0. The molecule has 7 nitrogen and oxygen atoms in total. The number of aliphatic carboxylic acids is 1. The molecule has 188 valence electrons. The Morgan fingerprint density at radius 2 is 1.60 bits per heavy atom. The SMILES string of the molecule is CCCC[C@H](CC(=O)NCCCC(C)C(=O)O)NC(=O)OCC1c2ccccc2-c2ccccc21. The molecule has 2 aromatic carbocycles. The zero-order valence-electron chi connectivity index (χ0n) is 20.6. The number of nitrogens with one attached hydrogen (secondary N) is 2. The molecular weight excluding hydrogens is 444 g/mol.